The van der Waals surface area contributed by atoms with Gasteiger partial charge in [-0.2, -0.15) is 0 Å². The molecule has 0 unspecified atom stereocenters. The van der Waals surface area contributed by atoms with Crippen LogP contribution in [-0.2, 0) is 6.54 Å². The van der Waals surface area contributed by atoms with Crippen molar-refractivity contribution < 1.29 is 4.74 Å². The van der Waals surface area contributed by atoms with Crippen molar-refractivity contribution in [2.45, 2.75) is 18.6 Å². The molecule has 2 aromatic carbocycles. The van der Waals surface area contributed by atoms with E-state index in [-0.39, 0.29) is 5.56 Å². The molecule has 118 valence electrons. The minimum absolute atomic E-state index is 0.00219. The summed E-state index contributed by atoms with van der Waals surface area (Å²) in [5.41, 5.74) is 1.80. The first-order chi connectivity index (χ1) is 11.2. The number of ether oxygens (including phenoxy) is 1. The van der Waals surface area contributed by atoms with Crippen molar-refractivity contribution in [3.63, 3.8) is 0 Å². The van der Waals surface area contributed by atoms with Crippen molar-refractivity contribution in [3.05, 3.63) is 64.4 Å². The second-order valence-corrected chi connectivity index (χ2v) is 6.32. The van der Waals surface area contributed by atoms with E-state index in [1.165, 1.54) is 0 Å². The predicted octanol–water partition coefficient (Wildman–Crippen LogP) is 3.57. The van der Waals surface area contributed by atoms with E-state index in [0.29, 0.717) is 11.9 Å². The Morgan fingerprint density at radius 2 is 1.87 bits per heavy atom. The Morgan fingerprint density at radius 1 is 1.13 bits per heavy atom. The molecule has 0 saturated heterocycles. The number of rotatable bonds is 5. The van der Waals surface area contributed by atoms with Gasteiger partial charge in [0.05, 0.1) is 24.6 Å². The van der Waals surface area contributed by atoms with E-state index in [2.05, 4.69) is 11.9 Å². The third kappa shape index (κ3) is 3.24. The topological polar surface area (TPSA) is 44.1 Å². The van der Waals surface area contributed by atoms with Crippen LogP contribution in [0.15, 0.2) is 58.5 Å². The van der Waals surface area contributed by atoms with Crippen LogP contribution in [-0.4, -0.2) is 22.4 Å². The highest BCUT2D eigenvalue weighted by molar-refractivity contribution is 7.99. The number of nitrogens with zero attached hydrogens (tertiary/aromatic N) is 2. The Kier molecular flexibility index (Phi) is 4.67. The van der Waals surface area contributed by atoms with Crippen molar-refractivity contribution in [2.75, 3.05) is 12.9 Å². The van der Waals surface area contributed by atoms with Gasteiger partial charge < -0.3 is 4.74 Å². The molecular weight excluding hydrogens is 308 g/mol. The van der Waals surface area contributed by atoms with Crippen LogP contribution in [0.3, 0.4) is 0 Å². The van der Waals surface area contributed by atoms with Crippen LogP contribution >= 0.6 is 11.8 Å². The van der Waals surface area contributed by atoms with Gasteiger partial charge in [0.15, 0.2) is 5.16 Å². The van der Waals surface area contributed by atoms with Crippen LogP contribution < -0.4 is 10.3 Å². The molecule has 0 N–H and O–H groups in total. The molecule has 0 aliphatic carbocycles. The van der Waals surface area contributed by atoms with Crippen molar-refractivity contribution >= 4 is 22.7 Å². The minimum atomic E-state index is 0.00219. The van der Waals surface area contributed by atoms with E-state index >= 15 is 0 Å². The summed E-state index contributed by atoms with van der Waals surface area (Å²) in [6.45, 7) is 2.56. The zero-order valence-electron chi connectivity index (χ0n) is 13.2. The lowest BCUT2D eigenvalue weighted by atomic mass is 10.2. The van der Waals surface area contributed by atoms with Gasteiger partial charge in [-0.1, -0.05) is 43.0 Å². The predicted molar refractivity (Wildman–Crippen MR) is 94.5 cm³/mol. The Hall–Kier alpha value is -2.27. The van der Waals surface area contributed by atoms with Gasteiger partial charge in [0, 0.05) is 0 Å². The maximum absolute atomic E-state index is 12.8. The summed E-state index contributed by atoms with van der Waals surface area (Å²) in [5.74, 6) is 1.67. The molecule has 0 fully saturated rings. The number of fused-ring (bicyclic) bond motifs is 1. The summed E-state index contributed by atoms with van der Waals surface area (Å²) in [4.78, 5) is 17.5. The molecule has 0 spiro atoms. The van der Waals surface area contributed by atoms with E-state index in [9.17, 15) is 4.79 Å². The Balaban J connectivity index is 2.08. The summed E-state index contributed by atoms with van der Waals surface area (Å²) >= 11 is 1.58. The number of hydrogen-bond acceptors (Lipinski definition) is 4. The summed E-state index contributed by atoms with van der Waals surface area (Å²) in [5, 5.41) is 1.41. The van der Waals surface area contributed by atoms with Gasteiger partial charge in [-0.3, -0.25) is 9.36 Å². The molecule has 5 heteroatoms. The quantitative estimate of drug-likeness (QED) is 0.531. The van der Waals surface area contributed by atoms with E-state index < -0.39 is 0 Å². The lowest BCUT2D eigenvalue weighted by molar-refractivity contribution is 0.414. The molecule has 1 heterocycles. The Bertz CT molecular complexity index is 872. The summed E-state index contributed by atoms with van der Waals surface area (Å²) in [6.07, 6.45) is 0. The van der Waals surface area contributed by atoms with Gasteiger partial charge >= 0.3 is 0 Å². The fraction of sp³-hybridized carbons (Fsp3) is 0.222. The first-order valence-electron chi connectivity index (χ1n) is 7.48. The Morgan fingerprint density at radius 3 is 2.57 bits per heavy atom. The Labute approximate surface area is 139 Å². The highest BCUT2D eigenvalue weighted by atomic mass is 32.2. The van der Waals surface area contributed by atoms with E-state index in [1.807, 2.05) is 48.5 Å². The summed E-state index contributed by atoms with van der Waals surface area (Å²) in [6, 6.07) is 15.2. The summed E-state index contributed by atoms with van der Waals surface area (Å²) in [7, 11) is 1.64. The number of para-hydroxylation sites is 1. The van der Waals surface area contributed by atoms with Gasteiger partial charge in [-0.15, -0.1) is 0 Å². The van der Waals surface area contributed by atoms with Crippen molar-refractivity contribution in [2.24, 2.45) is 0 Å². The highest BCUT2D eigenvalue weighted by Gasteiger charge is 2.11. The number of benzene rings is 2. The van der Waals surface area contributed by atoms with Crippen LogP contribution in [0.2, 0.25) is 0 Å². The van der Waals surface area contributed by atoms with Crippen LogP contribution in [0.25, 0.3) is 10.9 Å². The maximum atomic E-state index is 12.8. The molecule has 0 amide bonds. The van der Waals surface area contributed by atoms with Gasteiger partial charge in [0.25, 0.3) is 5.56 Å². The second kappa shape index (κ2) is 6.87. The average molecular weight is 326 g/mol. The fourth-order valence-electron chi connectivity index (χ4n) is 2.44. The van der Waals surface area contributed by atoms with Crippen LogP contribution in [0.5, 0.6) is 5.75 Å². The van der Waals surface area contributed by atoms with Gasteiger partial charge in [0.2, 0.25) is 0 Å². The van der Waals surface area contributed by atoms with Gasteiger partial charge in [-0.25, -0.2) is 4.98 Å². The molecular formula is C18H18N2O2S. The first-order valence-corrected chi connectivity index (χ1v) is 8.46. The fourth-order valence-corrected chi connectivity index (χ4v) is 3.16. The van der Waals surface area contributed by atoms with Crippen LogP contribution in [0.1, 0.15) is 12.5 Å². The zero-order chi connectivity index (χ0) is 16.2. The number of methoxy groups -OCH3 is 1. The molecule has 3 rings (SSSR count). The molecule has 4 nitrogen and oxygen atoms in total. The van der Waals surface area contributed by atoms with Crippen LogP contribution in [0.4, 0.5) is 0 Å². The standard InChI is InChI=1S/C18H18N2O2S/c1-3-23-18-19-16-7-5-4-6-15(16)17(21)20(18)12-13-8-10-14(22-2)11-9-13/h4-11H,3,12H2,1-2H3. The SMILES string of the molecule is CCSc1nc2ccccc2c(=O)n1Cc1ccc(OC)cc1. The molecule has 0 bridgehead atoms. The number of hydrogen-bond donors (Lipinski definition) is 0. The molecule has 0 radical (unpaired) electrons. The van der Waals surface area contributed by atoms with Crippen LogP contribution in [0, 0.1) is 0 Å². The molecule has 0 aliphatic rings. The third-order valence-corrected chi connectivity index (χ3v) is 4.46. The molecule has 0 saturated carbocycles. The van der Waals surface area contributed by atoms with Gasteiger partial charge in [-0.05, 0) is 35.6 Å². The maximum Gasteiger partial charge on any atom is 0.262 e. The summed E-state index contributed by atoms with van der Waals surface area (Å²) < 4.78 is 6.93. The van der Waals surface area contributed by atoms with E-state index in [0.717, 1.165) is 27.7 Å². The zero-order valence-corrected chi connectivity index (χ0v) is 14.0. The highest BCUT2D eigenvalue weighted by Crippen LogP contribution is 2.19. The largest absolute Gasteiger partial charge is 0.497 e. The minimum Gasteiger partial charge on any atom is -0.497 e. The van der Waals surface area contributed by atoms with Crippen molar-refractivity contribution in [3.8, 4) is 5.75 Å². The first kappa shape index (κ1) is 15.6. The number of thioether (sulfide) groups is 1. The van der Waals surface area contributed by atoms with Crippen molar-refractivity contribution in [1.82, 2.24) is 9.55 Å². The van der Waals surface area contributed by atoms with E-state index in [1.54, 1.807) is 23.4 Å². The molecule has 23 heavy (non-hydrogen) atoms. The lowest BCUT2D eigenvalue weighted by Gasteiger charge is -2.13. The monoisotopic (exact) mass is 326 g/mol. The normalized spacial score (nSPS) is 10.9. The molecule has 0 aliphatic heterocycles. The molecule has 3 aromatic rings. The average Bonchev–Trinajstić information content (AvgIpc) is 2.59. The second-order valence-electron chi connectivity index (χ2n) is 5.08. The number of aromatic nitrogens is 2. The molecule has 1 aromatic heterocycles. The molecule has 0 atom stereocenters. The van der Waals surface area contributed by atoms with Gasteiger partial charge in [0.1, 0.15) is 5.75 Å². The lowest BCUT2D eigenvalue weighted by Crippen LogP contribution is -2.24. The van der Waals surface area contributed by atoms with E-state index in [4.69, 9.17) is 4.74 Å². The van der Waals surface area contributed by atoms with Crippen molar-refractivity contribution in [1.29, 1.82) is 0 Å². The third-order valence-electron chi connectivity index (χ3n) is 3.60. The smallest absolute Gasteiger partial charge is 0.262 e.